The van der Waals surface area contributed by atoms with Crippen LogP contribution >= 0.6 is 11.8 Å². The van der Waals surface area contributed by atoms with E-state index in [1.165, 1.54) is 5.56 Å². The van der Waals surface area contributed by atoms with Crippen molar-refractivity contribution in [2.45, 2.75) is 31.8 Å². The number of piperazine rings is 1. The molecule has 2 saturated heterocycles. The Bertz CT molecular complexity index is 534. The van der Waals surface area contributed by atoms with Crippen LogP contribution in [0.25, 0.3) is 0 Å². The van der Waals surface area contributed by atoms with E-state index in [1.807, 2.05) is 25.1 Å². The number of fused-ring (bicyclic) bond motifs is 1. The van der Waals surface area contributed by atoms with Crippen LogP contribution in [0.2, 0.25) is 0 Å². The maximum absolute atomic E-state index is 12.5. The quantitative estimate of drug-likeness (QED) is 0.851. The van der Waals surface area contributed by atoms with E-state index < -0.39 is 0 Å². The number of rotatable bonds is 4. The van der Waals surface area contributed by atoms with Gasteiger partial charge in [-0.3, -0.25) is 9.59 Å². The minimum Gasteiger partial charge on any atom is -0.329 e. The van der Waals surface area contributed by atoms with Gasteiger partial charge in [0.05, 0.1) is 5.88 Å². The summed E-state index contributed by atoms with van der Waals surface area (Å²) in [4.78, 5) is 28.2. The second-order valence-electron chi connectivity index (χ2n) is 5.72. The molecule has 2 fully saturated rings. The summed E-state index contributed by atoms with van der Waals surface area (Å²) < 4.78 is 0. The molecule has 0 radical (unpaired) electrons. The minimum absolute atomic E-state index is 0.0937. The number of hydrogen-bond donors (Lipinski definition) is 0. The zero-order valence-electron chi connectivity index (χ0n) is 12.2. The fourth-order valence-corrected chi connectivity index (χ4v) is 4.12. The lowest BCUT2D eigenvalue weighted by atomic mass is 10.0. The summed E-state index contributed by atoms with van der Waals surface area (Å²) >= 11 is 1.67. The van der Waals surface area contributed by atoms with Gasteiger partial charge in [0.15, 0.2) is 0 Å². The summed E-state index contributed by atoms with van der Waals surface area (Å²) in [6.45, 7) is 2.29. The van der Waals surface area contributed by atoms with Gasteiger partial charge in [-0.15, -0.1) is 11.8 Å². The molecule has 1 aromatic rings. The molecule has 2 heterocycles. The van der Waals surface area contributed by atoms with E-state index in [2.05, 4.69) is 12.1 Å². The molecule has 0 aliphatic carbocycles. The lowest BCUT2D eigenvalue weighted by molar-refractivity contribution is -0.155. The monoisotopic (exact) mass is 304 g/mol. The standard InChI is InChI=1S/C16H20N2O2S/c1-12(7-8-13-5-3-2-4-6-13)17-9-15(19)18-11-21-10-14(18)16(17)20/h2-6,12,14H,7-11H2,1H3/t12-,14+/m1/s1. The number of thioether (sulfide) groups is 1. The number of hydrogen-bond acceptors (Lipinski definition) is 3. The lowest BCUT2D eigenvalue weighted by Crippen LogP contribution is -2.60. The lowest BCUT2D eigenvalue weighted by Gasteiger charge is -2.39. The van der Waals surface area contributed by atoms with Gasteiger partial charge in [0, 0.05) is 11.8 Å². The first-order valence-electron chi connectivity index (χ1n) is 7.38. The normalized spacial score (nSPS) is 23.4. The Labute approximate surface area is 129 Å². The second kappa shape index (κ2) is 6.10. The molecular weight excluding hydrogens is 284 g/mol. The summed E-state index contributed by atoms with van der Waals surface area (Å²) in [5.41, 5.74) is 1.28. The third-order valence-electron chi connectivity index (χ3n) is 4.30. The maximum atomic E-state index is 12.5. The number of benzene rings is 1. The van der Waals surface area contributed by atoms with E-state index in [0.29, 0.717) is 5.88 Å². The number of nitrogens with zero attached hydrogens (tertiary/aromatic N) is 2. The van der Waals surface area contributed by atoms with Gasteiger partial charge in [0.1, 0.15) is 12.6 Å². The Morgan fingerprint density at radius 2 is 2.05 bits per heavy atom. The van der Waals surface area contributed by atoms with Crippen LogP contribution in [0.4, 0.5) is 0 Å². The average Bonchev–Trinajstić information content (AvgIpc) is 3.00. The highest BCUT2D eigenvalue weighted by atomic mass is 32.2. The van der Waals surface area contributed by atoms with E-state index in [9.17, 15) is 9.59 Å². The zero-order valence-corrected chi connectivity index (χ0v) is 13.0. The highest BCUT2D eigenvalue weighted by molar-refractivity contribution is 7.99. The van der Waals surface area contributed by atoms with Crippen LogP contribution in [-0.4, -0.2) is 51.9 Å². The second-order valence-corrected chi connectivity index (χ2v) is 6.72. The van der Waals surface area contributed by atoms with Crippen LogP contribution in [0.15, 0.2) is 30.3 Å². The first-order valence-corrected chi connectivity index (χ1v) is 8.54. The number of carbonyl (C=O) groups is 2. The van der Waals surface area contributed by atoms with Gasteiger partial charge < -0.3 is 9.80 Å². The number of carbonyl (C=O) groups excluding carboxylic acids is 2. The van der Waals surface area contributed by atoms with Crippen LogP contribution in [0.5, 0.6) is 0 Å². The van der Waals surface area contributed by atoms with Gasteiger partial charge >= 0.3 is 0 Å². The number of amides is 2. The van der Waals surface area contributed by atoms with E-state index in [0.717, 1.165) is 18.6 Å². The Kier molecular flexibility index (Phi) is 4.19. The Morgan fingerprint density at radius 3 is 2.81 bits per heavy atom. The third-order valence-corrected chi connectivity index (χ3v) is 5.31. The van der Waals surface area contributed by atoms with Crippen molar-refractivity contribution in [1.29, 1.82) is 0 Å². The summed E-state index contributed by atoms with van der Waals surface area (Å²) in [6, 6.07) is 10.2. The average molecular weight is 304 g/mol. The fraction of sp³-hybridized carbons (Fsp3) is 0.500. The molecule has 0 N–H and O–H groups in total. The smallest absolute Gasteiger partial charge is 0.246 e. The summed E-state index contributed by atoms with van der Waals surface area (Å²) in [5.74, 6) is 1.63. The zero-order chi connectivity index (χ0) is 14.8. The Balaban J connectivity index is 1.63. The van der Waals surface area contributed by atoms with Crippen LogP contribution in [0, 0.1) is 0 Å². The SMILES string of the molecule is C[C@H](CCc1ccccc1)N1CC(=O)N2CSC[C@H]2C1=O. The molecule has 0 unspecified atom stereocenters. The van der Waals surface area contributed by atoms with Crippen LogP contribution < -0.4 is 0 Å². The molecule has 0 spiro atoms. The molecule has 0 saturated carbocycles. The molecule has 21 heavy (non-hydrogen) atoms. The predicted molar refractivity (Wildman–Crippen MR) is 83.9 cm³/mol. The summed E-state index contributed by atoms with van der Waals surface area (Å²) in [6.07, 6.45) is 1.83. The molecule has 2 atom stereocenters. The van der Waals surface area contributed by atoms with E-state index in [-0.39, 0.29) is 30.4 Å². The van der Waals surface area contributed by atoms with Gasteiger partial charge in [-0.05, 0) is 25.3 Å². The molecule has 2 aliphatic rings. The molecule has 2 aliphatic heterocycles. The topological polar surface area (TPSA) is 40.6 Å². The van der Waals surface area contributed by atoms with Crippen molar-refractivity contribution >= 4 is 23.6 Å². The molecule has 4 nitrogen and oxygen atoms in total. The molecule has 0 aromatic heterocycles. The fourth-order valence-electron chi connectivity index (χ4n) is 2.95. The maximum Gasteiger partial charge on any atom is 0.246 e. The van der Waals surface area contributed by atoms with Gasteiger partial charge in [-0.25, -0.2) is 0 Å². The van der Waals surface area contributed by atoms with Crippen molar-refractivity contribution < 1.29 is 9.59 Å². The Morgan fingerprint density at radius 1 is 1.29 bits per heavy atom. The Hall–Kier alpha value is -1.49. The molecule has 5 heteroatoms. The van der Waals surface area contributed by atoms with Gasteiger partial charge in [0.2, 0.25) is 11.8 Å². The van der Waals surface area contributed by atoms with E-state index in [1.54, 1.807) is 21.6 Å². The highest BCUT2D eigenvalue weighted by Crippen LogP contribution is 2.27. The highest BCUT2D eigenvalue weighted by Gasteiger charge is 2.43. The van der Waals surface area contributed by atoms with Crippen molar-refractivity contribution in [3.8, 4) is 0 Å². The van der Waals surface area contributed by atoms with Crippen molar-refractivity contribution in [2.75, 3.05) is 18.2 Å². The minimum atomic E-state index is -0.226. The van der Waals surface area contributed by atoms with Crippen molar-refractivity contribution in [1.82, 2.24) is 9.80 Å². The van der Waals surface area contributed by atoms with Crippen molar-refractivity contribution in [3.63, 3.8) is 0 Å². The molecule has 1 aromatic carbocycles. The molecule has 0 bridgehead atoms. The summed E-state index contributed by atoms with van der Waals surface area (Å²) in [5, 5.41) is 0. The van der Waals surface area contributed by atoms with E-state index in [4.69, 9.17) is 0 Å². The largest absolute Gasteiger partial charge is 0.329 e. The van der Waals surface area contributed by atoms with Crippen LogP contribution in [0.3, 0.4) is 0 Å². The van der Waals surface area contributed by atoms with Crippen LogP contribution in [0.1, 0.15) is 18.9 Å². The van der Waals surface area contributed by atoms with Gasteiger partial charge in [-0.2, -0.15) is 0 Å². The molecule has 112 valence electrons. The summed E-state index contributed by atoms with van der Waals surface area (Å²) in [7, 11) is 0. The molecule has 3 rings (SSSR count). The first-order chi connectivity index (χ1) is 10.2. The van der Waals surface area contributed by atoms with Crippen molar-refractivity contribution in [2.24, 2.45) is 0 Å². The van der Waals surface area contributed by atoms with Crippen LogP contribution in [-0.2, 0) is 16.0 Å². The molecule has 2 amide bonds. The number of aryl methyl sites for hydroxylation is 1. The third kappa shape index (κ3) is 2.93. The van der Waals surface area contributed by atoms with Crippen molar-refractivity contribution in [3.05, 3.63) is 35.9 Å². The first kappa shape index (κ1) is 14.4. The van der Waals surface area contributed by atoms with Gasteiger partial charge in [0.25, 0.3) is 0 Å². The van der Waals surface area contributed by atoms with E-state index >= 15 is 0 Å². The predicted octanol–water partition coefficient (Wildman–Crippen LogP) is 1.75. The van der Waals surface area contributed by atoms with Gasteiger partial charge in [-0.1, -0.05) is 30.3 Å². The molecular formula is C16H20N2O2S.